The Balaban J connectivity index is 2.52. The van der Waals surface area contributed by atoms with Crippen LogP contribution in [0.3, 0.4) is 0 Å². The molecule has 1 heterocycles. The van der Waals surface area contributed by atoms with Gasteiger partial charge in [-0.15, -0.1) is 11.3 Å². The van der Waals surface area contributed by atoms with Crippen LogP contribution in [0.5, 0.6) is 0 Å². The molecule has 1 unspecified atom stereocenters. The van der Waals surface area contributed by atoms with Crippen LogP contribution >= 0.6 is 11.3 Å². The van der Waals surface area contributed by atoms with Crippen molar-refractivity contribution in [2.75, 3.05) is 0 Å². The van der Waals surface area contributed by atoms with E-state index in [1.54, 1.807) is 5.38 Å². The average Bonchev–Trinajstić information content (AvgIpc) is 2.77. The summed E-state index contributed by atoms with van der Waals surface area (Å²) in [5.74, 6) is -1.48. The molecule has 0 saturated carbocycles. The SMILES string of the molecule is Cc1ccc(F)c(C(O)c2cscn2)c1F. The zero-order chi connectivity index (χ0) is 11.7. The number of aromatic nitrogens is 1. The molecule has 0 aliphatic carbocycles. The number of hydrogen-bond acceptors (Lipinski definition) is 3. The predicted molar refractivity (Wildman–Crippen MR) is 57.3 cm³/mol. The van der Waals surface area contributed by atoms with Gasteiger partial charge in [0, 0.05) is 5.38 Å². The molecule has 0 bridgehead atoms. The fourth-order valence-corrected chi connectivity index (χ4v) is 2.01. The van der Waals surface area contributed by atoms with Gasteiger partial charge in [0.25, 0.3) is 0 Å². The fourth-order valence-electron chi connectivity index (χ4n) is 1.43. The van der Waals surface area contributed by atoms with E-state index in [-0.39, 0.29) is 11.3 Å². The fraction of sp³-hybridized carbons (Fsp3) is 0.182. The first-order valence-corrected chi connectivity index (χ1v) is 5.56. The number of aliphatic hydroxyl groups excluding tert-OH is 1. The van der Waals surface area contributed by atoms with Gasteiger partial charge in [0.2, 0.25) is 0 Å². The molecule has 2 aromatic rings. The molecule has 0 radical (unpaired) electrons. The number of nitrogens with zero attached hydrogens (tertiary/aromatic N) is 1. The Labute approximate surface area is 95.2 Å². The van der Waals surface area contributed by atoms with Gasteiger partial charge in [-0.25, -0.2) is 13.8 Å². The zero-order valence-electron chi connectivity index (χ0n) is 8.45. The first-order chi connectivity index (χ1) is 7.61. The molecule has 0 spiro atoms. The maximum Gasteiger partial charge on any atom is 0.135 e. The lowest BCUT2D eigenvalue weighted by molar-refractivity contribution is 0.204. The van der Waals surface area contributed by atoms with Crippen LogP contribution in [0, 0.1) is 18.6 Å². The van der Waals surface area contributed by atoms with Gasteiger partial charge in [-0.05, 0) is 18.6 Å². The maximum atomic E-state index is 13.7. The molecule has 0 amide bonds. The second-order valence-electron chi connectivity index (χ2n) is 3.41. The van der Waals surface area contributed by atoms with Crippen molar-refractivity contribution >= 4 is 11.3 Å². The van der Waals surface area contributed by atoms with E-state index in [2.05, 4.69) is 4.98 Å². The van der Waals surface area contributed by atoms with Crippen LogP contribution in [0.1, 0.15) is 22.9 Å². The molecular formula is C11H9F2NOS. The van der Waals surface area contributed by atoms with E-state index in [4.69, 9.17) is 0 Å². The molecule has 84 valence electrons. The zero-order valence-corrected chi connectivity index (χ0v) is 9.26. The Kier molecular flexibility index (Phi) is 2.98. The second-order valence-corrected chi connectivity index (χ2v) is 4.13. The molecule has 2 rings (SSSR count). The summed E-state index contributed by atoms with van der Waals surface area (Å²) in [5.41, 5.74) is 1.72. The van der Waals surface area contributed by atoms with E-state index < -0.39 is 17.7 Å². The van der Waals surface area contributed by atoms with Crippen LogP contribution in [-0.4, -0.2) is 10.1 Å². The smallest absolute Gasteiger partial charge is 0.135 e. The van der Waals surface area contributed by atoms with E-state index >= 15 is 0 Å². The average molecular weight is 241 g/mol. The Hall–Kier alpha value is -1.33. The van der Waals surface area contributed by atoms with E-state index in [9.17, 15) is 13.9 Å². The highest BCUT2D eigenvalue weighted by atomic mass is 32.1. The summed E-state index contributed by atoms with van der Waals surface area (Å²) in [6.45, 7) is 1.52. The minimum Gasteiger partial charge on any atom is -0.382 e. The topological polar surface area (TPSA) is 33.1 Å². The lowest BCUT2D eigenvalue weighted by Gasteiger charge is -2.12. The summed E-state index contributed by atoms with van der Waals surface area (Å²) in [5, 5.41) is 11.4. The van der Waals surface area contributed by atoms with Crippen molar-refractivity contribution in [3.05, 3.63) is 51.5 Å². The molecule has 5 heteroatoms. The van der Waals surface area contributed by atoms with Crippen molar-refractivity contribution in [2.45, 2.75) is 13.0 Å². The van der Waals surface area contributed by atoms with Gasteiger partial charge in [-0.2, -0.15) is 0 Å². The highest BCUT2D eigenvalue weighted by Gasteiger charge is 2.22. The van der Waals surface area contributed by atoms with Gasteiger partial charge >= 0.3 is 0 Å². The number of thiazole rings is 1. The van der Waals surface area contributed by atoms with Crippen LogP contribution in [-0.2, 0) is 0 Å². The van der Waals surface area contributed by atoms with Gasteiger partial charge in [0.05, 0.1) is 16.8 Å². The first-order valence-electron chi connectivity index (χ1n) is 4.62. The van der Waals surface area contributed by atoms with E-state index in [1.165, 1.54) is 29.8 Å². The summed E-state index contributed by atoms with van der Waals surface area (Å²) in [4.78, 5) is 3.84. The number of benzene rings is 1. The maximum absolute atomic E-state index is 13.7. The first kappa shape index (κ1) is 11.2. The van der Waals surface area contributed by atoms with Crippen molar-refractivity contribution in [2.24, 2.45) is 0 Å². The highest BCUT2D eigenvalue weighted by Crippen LogP contribution is 2.28. The monoisotopic (exact) mass is 241 g/mol. The van der Waals surface area contributed by atoms with Crippen LogP contribution < -0.4 is 0 Å². The number of aryl methyl sites for hydroxylation is 1. The van der Waals surface area contributed by atoms with Crippen molar-refractivity contribution < 1.29 is 13.9 Å². The third-order valence-corrected chi connectivity index (χ3v) is 2.93. The van der Waals surface area contributed by atoms with Crippen molar-refractivity contribution in [3.8, 4) is 0 Å². The van der Waals surface area contributed by atoms with Crippen LogP contribution in [0.15, 0.2) is 23.0 Å². The number of halogens is 2. The summed E-state index contributed by atoms with van der Waals surface area (Å²) >= 11 is 1.26. The van der Waals surface area contributed by atoms with Gasteiger partial charge in [-0.3, -0.25) is 0 Å². The molecular weight excluding hydrogens is 232 g/mol. The second kappa shape index (κ2) is 4.27. The van der Waals surface area contributed by atoms with Crippen LogP contribution in [0.4, 0.5) is 8.78 Å². The summed E-state index contributed by atoms with van der Waals surface area (Å²) in [6, 6.07) is 2.48. The Morgan fingerprint density at radius 2 is 2.12 bits per heavy atom. The standard InChI is InChI=1S/C11H9F2NOS/c1-6-2-3-7(12)9(10(6)13)11(15)8-4-16-5-14-8/h2-5,11,15H,1H3. The minimum absolute atomic E-state index is 0.258. The van der Waals surface area contributed by atoms with Gasteiger partial charge in [0.1, 0.15) is 17.7 Å². The molecule has 0 aliphatic rings. The normalized spacial score (nSPS) is 12.8. The van der Waals surface area contributed by atoms with Gasteiger partial charge < -0.3 is 5.11 Å². The molecule has 1 aromatic heterocycles. The lowest BCUT2D eigenvalue weighted by Crippen LogP contribution is -2.07. The molecule has 0 aliphatic heterocycles. The third-order valence-electron chi connectivity index (χ3n) is 2.32. The summed E-state index contributed by atoms with van der Waals surface area (Å²) < 4.78 is 27.1. The predicted octanol–water partition coefficient (Wildman–Crippen LogP) is 2.81. The number of aliphatic hydroxyl groups is 1. The molecule has 1 aromatic carbocycles. The summed E-state index contributed by atoms with van der Waals surface area (Å²) in [6.07, 6.45) is -1.36. The largest absolute Gasteiger partial charge is 0.382 e. The van der Waals surface area contributed by atoms with Crippen molar-refractivity contribution in [1.82, 2.24) is 4.98 Å². The Morgan fingerprint density at radius 1 is 1.38 bits per heavy atom. The van der Waals surface area contributed by atoms with Crippen molar-refractivity contribution in [3.63, 3.8) is 0 Å². The van der Waals surface area contributed by atoms with E-state index in [1.807, 2.05) is 0 Å². The Morgan fingerprint density at radius 3 is 2.75 bits per heavy atom. The Bertz CT molecular complexity index is 499. The minimum atomic E-state index is -1.36. The number of hydrogen-bond donors (Lipinski definition) is 1. The molecule has 2 nitrogen and oxygen atoms in total. The highest BCUT2D eigenvalue weighted by molar-refractivity contribution is 7.07. The van der Waals surface area contributed by atoms with Crippen LogP contribution in [0.25, 0.3) is 0 Å². The van der Waals surface area contributed by atoms with Crippen LogP contribution in [0.2, 0.25) is 0 Å². The molecule has 0 fully saturated rings. The third kappa shape index (κ3) is 1.83. The number of rotatable bonds is 2. The van der Waals surface area contributed by atoms with Crippen molar-refractivity contribution in [1.29, 1.82) is 0 Å². The van der Waals surface area contributed by atoms with Gasteiger partial charge in [-0.1, -0.05) is 6.07 Å². The lowest BCUT2D eigenvalue weighted by atomic mass is 10.0. The molecule has 16 heavy (non-hydrogen) atoms. The quantitative estimate of drug-likeness (QED) is 0.877. The van der Waals surface area contributed by atoms with E-state index in [0.29, 0.717) is 5.56 Å². The van der Waals surface area contributed by atoms with E-state index in [0.717, 1.165) is 6.07 Å². The summed E-state index contributed by atoms with van der Waals surface area (Å²) in [7, 11) is 0. The molecule has 0 saturated heterocycles. The van der Waals surface area contributed by atoms with Gasteiger partial charge in [0.15, 0.2) is 0 Å². The molecule has 1 atom stereocenters. The molecule has 1 N–H and O–H groups in total.